The molecule has 0 amide bonds. The Labute approximate surface area is 222 Å². The summed E-state index contributed by atoms with van der Waals surface area (Å²) in [6.45, 7) is 2.30. The van der Waals surface area contributed by atoms with Gasteiger partial charge in [0, 0.05) is 0 Å². The monoisotopic (exact) mass is 586 g/mol. The Morgan fingerprint density at radius 3 is 1.06 bits per heavy atom. The zero-order valence-electron chi connectivity index (χ0n) is 21.2. The number of hydrogen-bond donors (Lipinski definition) is 0. The zero-order valence-corrected chi connectivity index (χ0v) is 24.2. The molecule has 0 saturated heterocycles. The number of hydrogen-bond acceptors (Lipinski definition) is 0. The van der Waals surface area contributed by atoms with E-state index in [0.29, 0.717) is 0 Å². The van der Waals surface area contributed by atoms with Crippen molar-refractivity contribution in [2.45, 2.75) is 84.0 Å². The molecule has 0 N–H and O–H groups in total. The van der Waals surface area contributed by atoms with Gasteiger partial charge in [-0.25, -0.2) is 0 Å². The van der Waals surface area contributed by atoms with Crippen molar-refractivity contribution in [2.75, 3.05) is 6.16 Å². The van der Waals surface area contributed by atoms with Gasteiger partial charge in [0.05, 0.1) is 0 Å². The first-order chi connectivity index (χ1) is 16.7. The number of unbranched alkanes of at least 4 members (excludes halogenated alkanes) is 11. The molecule has 0 radical (unpaired) electrons. The average molecular weight is 587 g/mol. The molecule has 0 aliphatic rings. The third-order valence-electron chi connectivity index (χ3n) is 7.32. The van der Waals surface area contributed by atoms with E-state index in [0.717, 1.165) is 0 Å². The fourth-order valence-electron chi connectivity index (χ4n) is 5.30. The summed E-state index contributed by atoms with van der Waals surface area (Å²) in [5, 5.41) is 4.53. The molecule has 0 unspecified atom stereocenters. The zero-order chi connectivity index (χ0) is 24.0. The molecule has 3 aromatic carbocycles. The molecule has 2 heteroatoms. The molecule has 3 rings (SSSR count). The van der Waals surface area contributed by atoms with Gasteiger partial charge in [-0.05, 0) is 0 Å². The van der Waals surface area contributed by atoms with Gasteiger partial charge in [-0.1, -0.05) is 13.3 Å². The van der Waals surface area contributed by atoms with E-state index in [-0.39, 0.29) is 0 Å². The number of halogens is 1. The molecule has 0 bridgehead atoms. The number of rotatable bonds is 16. The Hall–Kier alpha value is -1.18. The summed E-state index contributed by atoms with van der Waals surface area (Å²) in [5.41, 5.74) is 0. The van der Waals surface area contributed by atoms with Gasteiger partial charge in [0.15, 0.2) is 0 Å². The Bertz CT molecular complexity index is 824. The van der Waals surface area contributed by atoms with Crippen LogP contribution in [0.1, 0.15) is 84.0 Å². The molecule has 184 valence electrons. The van der Waals surface area contributed by atoms with Crippen LogP contribution in [0, 0.1) is 0 Å². The summed E-state index contributed by atoms with van der Waals surface area (Å²) < 4.78 is -2.56. The molecule has 0 aromatic heterocycles. The molecule has 3 aromatic rings. The normalized spacial score (nSPS) is 12.8. The van der Waals surface area contributed by atoms with E-state index >= 15 is 0 Å². The van der Waals surface area contributed by atoms with Crippen LogP contribution in [0.25, 0.3) is 0 Å². The van der Waals surface area contributed by atoms with E-state index < -0.39 is 4.25 Å². The van der Waals surface area contributed by atoms with Crippen LogP contribution >= 0.6 is 26.3 Å². The second-order valence-corrected chi connectivity index (χ2v) is 20.6. The van der Waals surface area contributed by atoms with Crippen LogP contribution in [-0.4, -0.2) is 6.16 Å². The molecule has 0 fully saturated rings. The predicted octanol–water partition coefficient (Wildman–Crippen LogP) is 9.57. The second kappa shape index (κ2) is 14.4. The van der Waals surface area contributed by atoms with Crippen LogP contribution < -0.4 is 15.9 Å². The van der Waals surface area contributed by atoms with Crippen molar-refractivity contribution in [1.82, 2.24) is 0 Å². The quantitative estimate of drug-likeness (QED) is 0.0891. The molecule has 0 heterocycles. The summed E-state index contributed by atoms with van der Waals surface area (Å²) in [4.78, 5) is 0. The van der Waals surface area contributed by atoms with Crippen LogP contribution in [0.2, 0.25) is 0 Å². The maximum absolute atomic E-state index is 2.93. The van der Waals surface area contributed by atoms with Crippen molar-refractivity contribution in [3.8, 4) is 0 Å². The average Bonchev–Trinajstić information content (AvgIpc) is 2.91. The van der Waals surface area contributed by atoms with Gasteiger partial charge in [-0.3, -0.25) is 0 Å². The number of benzene rings is 3. The molecule has 34 heavy (non-hydrogen) atoms. The fourth-order valence-corrected chi connectivity index (χ4v) is 14.1. The van der Waals surface area contributed by atoms with Gasteiger partial charge in [0.1, 0.15) is 0 Å². The van der Waals surface area contributed by atoms with Crippen LogP contribution in [-0.2, 0) is 0 Å². The molecular weight excluding hydrogens is 542 g/mol. The van der Waals surface area contributed by atoms with Crippen LogP contribution in [0.4, 0.5) is 0 Å². The van der Waals surface area contributed by atoms with Gasteiger partial charge in [0.25, 0.3) is 0 Å². The molecule has 0 saturated carbocycles. The van der Waals surface area contributed by atoms with Crippen LogP contribution in [0.5, 0.6) is 0 Å². The van der Waals surface area contributed by atoms with Crippen molar-refractivity contribution in [2.24, 2.45) is 0 Å². The first-order valence-corrected chi connectivity index (χ1v) is 18.8. The Morgan fingerprint density at radius 2 is 0.735 bits per heavy atom. The van der Waals surface area contributed by atoms with Crippen molar-refractivity contribution in [1.29, 1.82) is 0 Å². The maximum atomic E-state index is 2.93. The van der Waals surface area contributed by atoms with E-state index in [9.17, 15) is 0 Å². The summed E-state index contributed by atoms with van der Waals surface area (Å²) in [6.07, 6.45) is 18.0. The summed E-state index contributed by atoms with van der Waals surface area (Å²) in [7, 11) is 0. The topological polar surface area (TPSA) is 0 Å². The first-order valence-electron chi connectivity index (χ1n) is 13.6. The molecule has 0 aliphatic heterocycles. The van der Waals surface area contributed by atoms with E-state index in [1.165, 1.54) is 99.1 Å². The van der Waals surface area contributed by atoms with Gasteiger partial charge in [-0.2, -0.15) is 0 Å². The van der Waals surface area contributed by atoms with E-state index in [2.05, 4.69) is 120 Å². The van der Waals surface area contributed by atoms with Gasteiger partial charge in [0.2, 0.25) is 0 Å². The van der Waals surface area contributed by atoms with Crippen molar-refractivity contribution in [3.05, 3.63) is 91.0 Å². The van der Waals surface area contributed by atoms with Crippen molar-refractivity contribution in [3.63, 3.8) is 0 Å². The summed E-state index contributed by atoms with van der Waals surface area (Å²) in [6, 6.07) is 34.1. The summed E-state index contributed by atoms with van der Waals surface area (Å²) >= 11 is 2.93. The minimum absolute atomic E-state index is 1.24. The van der Waals surface area contributed by atoms with Crippen molar-refractivity contribution >= 4 is 42.2 Å². The van der Waals surface area contributed by atoms with E-state index in [4.69, 9.17) is 0 Å². The first kappa shape index (κ1) is 27.4. The Kier molecular flexibility index (Phi) is 11.6. The molecule has 0 aliphatic carbocycles. The predicted molar refractivity (Wildman–Crippen MR) is 165 cm³/mol. The standard InChI is InChI=1S/C32H44IP/c1-2-3-4-5-6-7-8-9-10-11-12-22-29-34(33,30-23-16-13-17-24-30,31-25-18-14-19-26-31)32-27-20-15-21-28-32/h13-21,23-28H,2-12,22,29H2,1H3. The Balaban J connectivity index is 1.66. The minimum atomic E-state index is -2.56. The molecular formula is C32H44IP. The molecule has 0 spiro atoms. The van der Waals surface area contributed by atoms with E-state index in [1.807, 2.05) is 0 Å². The third-order valence-corrected chi connectivity index (χ3v) is 19.1. The second-order valence-electron chi connectivity index (χ2n) is 9.80. The SMILES string of the molecule is CCCCCCCCCCCCCCP(I)(c1ccccc1)(c1ccccc1)c1ccccc1. The van der Waals surface area contributed by atoms with Gasteiger partial charge in [-0.15, -0.1) is 0 Å². The van der Waals surface area contributed by atoms with Crippen LogP contribution in [0.3, 0.4) is 0 Å². The molecule has 0 atom stereocenters. The van der Waals surface area contributed by atoms with E-state index in [1.54, 1.807) is 0 Å². The van der Waals surface area contributed by atoms with Gasteiger partial charge >= 0.3 is 210 Å². The van der Waals surface area contributed by atoms with Gasteiger partial charge < -0.3 is 0 Å². The van der Waals surface area contributed by atoms with Crippen molar-refractivity contribution < 1.29 is 0 Å². The van der Waals surface area contributed by atoms with Crippen LogP contribution in [0.15, 0.2) is 91.0 Å². The molecule has 0 nitrogen and oxygen atoms in total. The Morgan fingerprint density at radius 1 is 0.441 bits per heavy atom. The fraction of sp³-hybridized carbons (Fsp3) is 0.438. The summed E-state index contributed by atoms with van der Waals surface area (Å²) in [5.74, 6) is 0. The third kappa shape index (κ3) is 6.94.